The van der Waals surface area contributed by atoms with Crippen LogP contribution in [0.15, 0.2) is 42.5 Å². The molecule has 1 aromatic carbocycles. The van der Waals surface area contributed by atoms with Gasteiger partial charge in [-0.15, -0.1) is 0 Å². The number of hydrogen-bond acceptors (Lipinski definition) is 21. The van der Waals surface area contributed by atoms with Gasteiger partial charge in [0.15, 0.2) is 30.9 Å². The molecule has 21 nitrogen and oxygen atoms in total. The number of carbonyl (C=O) groups excluding carboxylic acids is 2. The van der Waals surface area contributed by atoms with Crippen LogP contribution in [0.5, 0.6) is 0 Å². The van der Waals surface area contributed by atoms with Gasteiger partial charge in [-0.3, -0.25) is 4.79 Å². The number of benzene rings is 1. The lowest BCUT2D eigenvalue weighted by Crippen LogP contribution is -2.79. The van der Waals surface area contributed by atoms with Crippen LogP contribution in [0.1, 0.15) is 117 Å². The number of aliphatic hydroxyl groups is 6. The van der Waals surface area contributed by atoms with Crippen LogP contribution < -0.4 is 0 Å². The van der Waals surface area contributed by atoms with E-state index in [4.69, 9.17) is 61.6 Å². The van der Waals surface area contributed by atoms with E-state index in [9.17, 15) is 40.2 Å². The van der Waals surface area contributed by atoms with Crippen molar-refractivity contribution in [1.82, 2.24) is 0 Å². The molecule has 9 rings (SSSR count). The number of methoxy groups -OCH3 is 4. The molecule has 7 fully saturated rings. The molecule has 4 aliphatic heterocycles. The number of rotatable bonds is 15. The molecule has 77 heavy (non-hydrogen) atoms. The molecule has 6 N–H and O–H groups in total. The maximum atomic E-state index is 13.7. The SMILES string of the molecule is CO[C@@H]1[C@H](O)[C@@H](O[C@@H]2[C@@H](C)O[C@@H](O[C@@H]3[C@@H](C)O[C@@H](O[C@@H]4[C@@H](C)O[C@@H](O[C@H]5CC[C@]6(C)[C@@H]7C[C@H](OC(=O)c8ccccc8)[C@@]8(C)[C@@](O)(CC[C@]8(O)C(C)=O)[C@]7(O)C=C[C@@]6(O)C5)C[C@H]4OC)C[C@H]3OC)C[C@H]2OC)O[C@@H](C)[C@@H]1O. The van der Waals surface area contributed by atoms with Gasteiger partial charge in [0.25, 0.3) is 0 Å². The summed E-state index contributed by atoms with van der Waals surface area (Å²) in [4.78, 5) is 27.1. The highest BCUT2D eigenvalue weighted by Crippen LogP contribution is 2.71. The average Bonchev–Trinajstić information content (AvgIpc) is 3.57. The zero-order valence-corrected chi connectivity index (χ0v) is 46.3. The monoisotopic (exact) mass is 1090 g/mol. The summed E-state index contributed by atoms with van der Waals surface area (Å²) in [6, 6.07) is 8.33. The molecule has 21 heteroatoms. The van der Waals surface area contributed by atoms with Crippen LogP contribution in [0, 0.1) is 16.7 Å². The second kappa shape index (κ2) is 22.3. The highest BCUT2D eigenvalue weighted by atomic mass is 16.8. The van der Waals surface area contributed by atoms with Crippen LogP contribution >= 0.6 is 0 Å². The largest absolute Gasteiger partial charge is 0.458 e. The topological polar surface area (TPSA) is 276 Å². The molecular weight excluding hydrogens is 1010 g/mol. The number of ketones is 1. The third kappa shape index (κ3) is 9.90. The van der Waals surface area contributed by atoms with Gasteiger partial charge in [-0.05, 0) is 85.8 Å². The molecule has 1 aromatic rings. The Balaban J connectivity index is 0.822. The van der Waals surface area contributed by atoms with E-state index in [2.05, 4.69) is 0 Å². The number of fused-ring (bicyclic) bond motifs is 5. The van der Waals surface area contributed by atoms with Crippen molar-refractivity contribution in [3.63, 3.8) is 0 Å². The van der Waals surface area contributed by atoms with Crippen molar-refractivity contribution in [2.45, 2.75) is 245 Å². The van der Waals surface area contributed by atoms with E-state index in [1.165, 1.54) is 33.1 Å². The molecular formula is C56H84O21. The summed E-state index contributed by atoms with van der Waals surface area (Å²) in [5.74, 6) is -2.20. The highest BCUT2D eigenvalue weighted by molar-refractivity contribution is 5.90. The Hall–Kier alpha value is -2.62. The molecule has 8 aliphatic rings. The molecule has 434 valence electrons. The number of carbonyl (C=O) groups is 2. The third-order valence-corrected chi connectivity index (χ3v) is 19.7. The Labute approximate surface area is 451 Å². The maximum absolute atomic E-state index is 13.7. The van der Waals surface area contributed by atoms with Crippen molar-refractivity contribution in [2.75, 3.05) is 28.4 Å². The molecule has 0 radical (unpaired) electrons. The Bertz CT molecular complexity index is 2260. The summed E-state index contributed by atoms with van der Waals surface area (Å²) in [5, 5.41) is 72.2. The molecule has 0 aromatic heterocycles. The van der Waals surface area contributed by atoms with Crippen molar-refractivity contribution in [2.24, 2.45) is 16.7 Å². The van der Waals surface area contributed by atoms with E-state index in [0.717, 1.165) is 0 Å². The van der Waals surface area contributed by atoms with Gasteiger partial charge in [0.2, 0.25) is 0 Å². The van der Waals surface area contributed by atoms with Gasteiger partial charge in [-0.1, -0.05) is 37.3 Å². The quantitative estimate of drug-likeness (QED) is 0.109. The average molecular weight is 1090 g/mol. The molecule has 26 atom stereocenters. The van der Waals surface area contributed by atoms with Gasteiger partial charge in [0.05, 0.1) is 65.4 Å². The van der Waals surface area contributed by atoms with Crippen LogP contribution in [-0.2, 0) is 66.4 Å². The summed E-state index contributed by atoms with van der Waals surface area (Å²) in [6.07, 6.45) is -9.41. The van der Waals surface area contributed by atoms with Gasteiger partial charge in [-0.2, -0.15) is 0 Å². The minimum Gasteiger partial charge on any atom is -0.458 e. The van der Waals surface area contributed by atoms with E-state index in [-0.39, 0.29) is 37.7 Å². The highest BCUT2D eigenvalue weighted by Gasteiger charge is 2.82. The van der Waals surface area contributed by atoms with Crippen LogP contribution in [0.3, 0.4) is 0 Å². The zero-order chi connectivity index (χ0) is 55.8. The molecule has 3 saturated carbocycles. The first kappa shape index (κ1) is 59.0. The fraction of sp³-hybridized carbons (Fsp3) is 0.821. The number of ether oxygens (including phenoxy) is 13. The fourth-order valence-electron chi connectivity index (χ4n) is 14.9. The van der Waals surface area contributed by atoms with Gasteiger partial charge in [0.1, 0.15) is 59.5 Å². The molecule has 0 spiro atoms. The van der Waals surface area contributed by atoms with Crippen molar-refractivity contribution in [3.05, 3.63) is 48.0 Å². The number of Topliss-reactive ketones (excluding diaryl/α,β-unsaturated/α-hetero) is 1. The maximum Gasteiger partial charge on any atom is 0.338 e. The molecule has 4 saturated heterocycles. The molecule has 4 aliphatic carbocycles. The lowest BCUT2D eigenvalue weighted by molar-refractivity contribution is -0.356. The number of aliphatic hydroxyl groups excluding tert-OH is 2. The summed E-state index contributed by atoms with van der Waals surface area (Å²) in [5.41, 5.74) is -10.5. The predicted octanol–water partition coefficient (Wildman–Crippen LogP) is 2.78. The van der Waals surface area contributed by atoms with Crippen molar-refractivity contribution < 1.29 is 102 Å². The minimum absolute atomic E-state index is 0.0617. The first-order valence-electron chi connectivity index (χ1n) is 27.4. The summed E-state index contributed by atoms with van der Waals surface area (Å²) >= 11 is 0. The Morgan fingerprint density at radius 2 is 1.14 bits per heavy atom. The standard InChI is InChI=1S/C56H84O21/c1-28-43(58)48(68-11)44(59)50(72-28)77-47-31(4)71-42(25-37(47)67-10)76-46-30(3)70-41(24-36(46)66-9)75-45-29(2)69-40(23-35(45)65-8)73-34-17-18-51(6)38-26-39(74-49(60)33-15-13-12-14-16-33)52(7)54(62,32(5)57)21-22-56(52,64)55(38,63)20-19-53(51,61)27-34/h12-16,19-20,28-31,34-48,50,58-59,61-64H,17-18,21-27H2,1-11H3/t28-,29+,30+,31+,34-,35+,36+,37+,38-,39-,40-,41-,42-,43-,44-,45+,46+,47+,48-,50+,51+,52+,53+,54-,55-,56-/m0/s1. The smallest absolute Gasteiger partial charge is 0.338 e. The summed E-state index contributed by atoms with van der Waals surface area (Å²) < 4.78 is 80.7. The predicted molar refractivity (Wildman–Crippen MR) is 269 cm³/mol. The zero-order valence-electron chi connectivity index (χ0n) is 46.3. The van der Waals surface area contributed by atoms with Gasteiger partial charge >= 0.3 is 5.97 Å². The van der Waals surface area contributed by atoms with Gasteiger partial charge in [0, 0.05) is 65.5 Å². The van der Waals surface area contributed by atoms with Crippen molar-refractivity contribution >= 4 is 11.8 Å². The van der Waals surface area contributed by atoms with E-state index >= 15 is 0 Å². The number of hydrogen-bond donors (Lipinski definition) is 6. The number of esters is 1. The third-order valence-electron chi connectivity index (χ3n) is 19.7. The second-order valence-corrected chi connectivity index (χ2v) is 23.6. The van der Waals surface area contributed by atoms with E-state index in [1.807, 2.05) is 27.7 Å². The summed E-state index contributed by atoms with van der Waals surface area (Å²) in [6.45, 7) is 11.9. The van der Waals surface area contributed by atoms with Crippen molar-refractivity contribution in [3.8, 4) is 0 Å². The molecule has 0 amide bonds. The van der Waals surface area contributed by atoms with E-state index < -0.39 is 168 Å². The minimum atomic E-state index is -2.14. The fourth-order valence-corrected chi connectivity index (χ4v) is 14.9. The first-order valence-corrected chi connectivity index (χ1v) is 27.4. The molecule has 0 bridgehead atoms. The molecule has 4 heterocycles. The summed E-state index contributed by atoms with van der Waals surface area (Å²) in [7, 11) is 6.17. The Kier molecular flexibility index (Phi) is 17.1. The van der Waals surface area contributed by atoms with E-state index in [0.29, 0.717) is 25.7 Å². The molecule has 0 unspecified atom stereocenters. The van der Waals surface area contributed by atoms with E-state index in [1.54, 1.807) is 58.6 Å². The van der Waals surface area contributed by atoms with Gasteiger partial charge < -0.3 is 92.2 Å². The Morgan fingerprint density at radius 1 is 0.610 bits per heavy atom. The second-order valence-electron chi connectivity index (χ2n) is 23.6. The Morgan fingerprint density at radius 3 is 1.66 bits per heavy atom. The lowest BCUT2D eigenvalue weighted by Gasteiger charge is -2.68. The first-order chi connectivity index (χ1) is 36.3. The van der Waals surface area contributed by atoms with Crippen LogP contribution in [0.25, 0.3) is 0 Å². The van der Waals surface area contributed by atoms with Crippen LogP contribution in [0.4, 0.5) is 0 Å². The van der Waals surface area contributed by atoms with Crippen molar-refractivity contribution in [1.29, 1.82) is 0 Å². The normalized spacial score (nSPS) is 50.8. The lowest BCUT2D eigenvalue weighted by atomic mass is 9.41. The van der Waals surface area contributed by atoms with Gasteiger partial charge in [-0.25, -0.2) is 4.79 Å². The van der Waals surface area contributed by atoms with Crippen LogP contribution in [0.2, 0.25) is 0 Å². The van der Waals surface area contributed by atoms with Crippen LogP contribution in [-0.4, -0.2) is 210 Å².